The zero-order chi connectivity index (χ0) is 21.7. The van der Waals surface area contributed by atoms with Gasteiger partial charge in [0.2, 0.25) is 5.91 Å². The number of carbonyl (C=O) groups is 3. The lowest BCUT2D eigenvalue weighted by atomic mass is 10.2. The van der Waals surface area contributed by atoms with Gasteiger partial charge in [-0.3, -0.25) is 14.0 Å². The Morgan fingerprint density at radius 3 is 2.53 bits per heavy atom. The average Bonchev–Trinajstić information content (AvgIpc) is 3.08. The van der Waals surface area contributed by atoms with Crippen LogP contribution in [0.5, 0.6) is 0 Å². The van der Waals surface area contributed by atoms with E-state index in [2.05, 4.69) is 20.4 Å². The van der Waals surface area contributed by atoms with E-state index < -0.39 is 5.97 Å². The topological polar surface area (TPSA) is 102 Å². The molecule has 0 aliphatic heterocycles. The van der Waals surface area contributed by atoms with E-state index in [0.717, 1.165) is 11.2 Å². The molecule has 0 aliphatic carbocycles. The number of nitrogens with one attached hydrogen (secondary N) is 2. The van der Waals surface area contributed by atoms with Crippen molar-refractivity contribution >= 4 is 29.1 Å². The smallest absolute Gasteiger partial charge is 0.337 e. The summed E-state index contributed by atoms with van der Waals surface area (Å²) in [6.07, 6.45) is 2.56. The zero-order valence-corrected chi connectivity index (χ0v) is 17.2. The van der Waals surface area contributed by atoms with Crippen LogP contribution in [0, 0.1) is 13.8 Å². The fourth-order valence-corrected chi connectivity index (χ4v) is 3.16. The van der Waals surface area contributed by atoms with Crippen molar-refractivity contribution in [2.24, 2.45) is 0 Å². The number of ether oxygens (including phenoxy) is 1. The van der Waals surface area contributed by atoms with Crippen LogP contribution in [0.15, 0.2) is 42.6 Å². The maximum atomic E-state index is 12.6. The molecule has 0 aliphatic rings. The number of amides is 2. The van der Waals surface area contributed by atoms with Gasteiger partial charge in [0, 0.05) is 24.8 Å². The summed E-state index contributed by atoms with van der Waals surface area (Å²) in [4.78, 5) is 40.6. The Morgan fingerprint density at radius 2 is 1.83 bits per heavy atom. The molecule has 3 aromatic rings. The molecule has 8 heteroatoms. The number of hydrogen-bond acceptors (Lipinski definition) is 5. The Balaban J connectivity index is 1.48. The molecule has 0 fully saturated rings. The fraction of sp³-hybridized carbons (Fsp3) is 0.273. The molecule has 0 saturated heterocycles. The van der Waals surface area contributed by atoms with Gasteiger partial charge in [-0.25, -0.2) is 9.78 Å². The molecule has 0 saturated carbocycles. The predicted molar refractivity (Wildman–Crippen MR) is 113 cm³/mol. The highest BCUT2D eigenvalue weighted by molar-refractivity contribution is 5.95. The maximum Gasteiger partial charge on any atom is 0.337 e. The van der Waals surface area contributed by atoms with Crippen LogP contribution in [-0.4, -0.2) is 40.8 Å². The van der Waals surface area contributed by atoms with Gasteiger partial charge in [0.25, 0.3) is 5.91 Å². The summed E-state index contributed by atoms with van der Waals surface area (Å²) < 4.78 is 6.42. The second-order valence-electron chi connectivity index (χ2n) is 6.91. The van der Waals surface area contributed by atoms with E-state index in [1.807, 2.05) is 25.3 Å². The Morgan fingerprint density at radius 1 is 1.10 bits per heavy atom. The summed E-state index contributed by atoms with van der Waals surface area (Å²) in [5.74, 6) is -0.818. The number of methoxy groups -OCH3 is 1. The number of hydrogen-bond donors (Lipinski definition) is 2. The van der Waals surface area contributed by atoms with Crippen LogP contribution in [0.2, 0.25) is 0 Å². The second-order valence-corrected chi connectivity index (χ2v) is 6.91. The quantitative estimate of drug-likeness (QED) is 0.462. The molecule has 2 amide bonds. The van der Waals surface area contributed by atoms with Gasteiger partial charge in [0.1, 0.15) is 11.3 Å². The molecule has 2 aromatic heterocycles. The maximum absolute atomic E-state index is 12.6. The number of aromatic nitrogens is 2. The minimum Gasteiger partial charge on any atom is -0.465 e. The van der Waals surface area contributed by atoms with E-state index in [9.17, 15) is 14.4 Å². The molecule has 1 aromatic carbocycles. The van der Waals surface area contributed by atoms with Gasteiger partial charge in [-0.2, -0.15) is 0 Å². The van der Waals surface area contributed by atoms with E-state index in [1.54, 1.807) is 35.6 Å². The molecule has 0 atom stereocenters. The number of anilines is 1. The lowest BCUT2D eigenvalue weighted by Gasteiger charge is -2.08. The number of imidazole rings is 1. The highest BCUT2D eigenvalue weighted by Gasteiger charge is 2.17. The Hall–Kier alpha value is -3.68. The SMILES string of the molecule is COC(=O)c1ccc(NC(=O)CCCNC(=O)c2c(C)nc3c(C)cccn23)cc1. The van der Waals surface area contributed by atoms with Crippen molar-refractivity contribution < 1.29 is 19.1 Å². The lowest BCUT2D eigenvalue weighted by Crippen LogP contribution is -2.27. The summed E-state index contributed by atoms with van der Waals surface area (Å²) in [6, 6.07) is 10.3. The van der Waals surface area contributed by atoms with Crippen molar-refractivity contribution in [3.05, 3.63) is 65.1 Å². The lowest BCUT2D eigenvalue weighted by molar-refractivity contribution is -0.116. The molecule has 3 rings (SSSR count). The Kier molecular flexibility index (Phi) is 6.46. The van der Waals surface area contributed by atoms with E-state index in [0.29, 0.717) is 35.6 Å². The number of esters is 1. The van der Waals surface area contributed by atoms with Crippen molar-refractivity contribution in [3.8, 4) is 0 Å². The highest BCUT2D eigenvalue weighted by Crippen LogP contribution is 2.15. The number of fused-ring (bicyclic) bond motifs is 1. The van der Waals surface area contributed by atoms with Gasteiger partial charge in [-0.1, -0.05) is 6.07 Å². The molecule has 2 heterocycles. The largest absolute Gasteiger partial charge is 0.465 e. The number of aryl methyl sites for hydroxylation is 2. The normalized spacial score (nSPS) is 10.6. The van der Waals surface area contributed by atoms with Crippen molar-refractivity contribution in [1.82, 2.24) is 14.7 Å². The van der Waals surface area contributed by atoms with Gasteiger partial charge in [0.15, 0.2) is 0 Å². The molecular formula is C22H24N4O4. The first-order valence-corrected chi connectivity index (χ1v) is 9.61. The first-order valence-electron chi connectivity index (χ1n) is 9.61. The number of nitrogens with zero attached hydrogens (tertiary/aromatic N) is 2. The van der Waals surface area contributed by atoms with Crippen LogP contribution in [0.3, 0.4) is 0 Å². The van der Waals surface area contributed by atoms with Gasteiger partial charge >= 0.3 is 5.97 Å². The minimum absolute atomic E-state index is 0.170. The third-order valence-electron chi connectivity index (χ3n) is 4.69. The van der Waals surface area contributed by atoms with Crippen molar-refractivity contribution in [3.63, 3.8) is 0 Å². The van der Waals surface area contributed by atoms with Gasteiger partial charge < -0.3 is 15.4 Å². The molecule has 156 valence electrons. The molecule has 8 nitrogen and oxygen atoms in total. The monoisotopic (exact) mass is 408 g/mol. The van der Waals surface area contributed by atoms with E-state index in [1.165, 1.54) is 7.11 Å². The second kappa shape index (κ2) is 9.21. The molecule has 30 heavy (non-hydrogen) atoms. The van der Waals surface area contributed by atoms with Crippen molar-refractivity contribution in [2.45, 2.75) is 26.7 Å². The summed E-state index contributed by atoms with van der Waals surface area (Å²) in [6.45, 7) is 4.12. The third kappa shape index (κ3) is 4.65. The zero-order valence-electron chi connectivity index (χ0n) is 17.2. The summed E-state index contributed by atoms with van der Waals surface area (Å²) in [7, 11) is 1.31. The summed E-state index contributed by atoms with van der Waals surface area (Å²) in [5, 5.41) is 5.62. The number of rotatable bonds is 7. The summed E-state index contributed by atoms with van der Waals surface area (Å²) >= 11 is 0. The Labute approximate surface area is 174 Å². The van der Waals surface area contributed by atoms with Gasteiger partial charge in [0.05, 0.1) is 18.4 Å². The van der Waals surface area contributed by atoms with Crippen LogP contribution >= 0.6 is 0 Å². The number of carbonyl (C=O) groups excluding carboxylic acids is 3. The van der Waals surface area contributed by atoms with Crippen LogP contribution in [0.4, 0.5) is 5.69 Å². The van der Waals surface area contributed by atoms with E-state index in [4.69, 9.17) is 0 Å². The van der Waals surface area contributed by atoms with Crippen molar-refractivity contribution in [2.75, 3.05) is 19.0 Å². The molecule has 0 unspecified atom stereocenters. The van der Waals surface area contributed by atoms with E-state index in [-0.39, 0.29) is 18.2 Å². The van der Waals surface area contributed by atoms with Gasteiger partial charge in [-0.15, -0.1) is 0 Å². The van der Waals surface area contributed by atoms with Crippen LogP contribution in [-0.2, 0) is 9.53 Å². The number of benzene rings is 1. The molecule has 0 spiro atoms. The Bertz CT molecular complexity index is 1090. The first kappa shape index (κ1) is 21.0. The first-order chi connectivity index (χ1) is 14.4. The molecule has 0 bridgehead atoms. The molecular weight excluding hydrogens is 384 g/mol. The standard InChI is InChI=1S/C22H24N4O4/c1-14-6-5-13-26-19(15(2)24-20(14)26)21(28)23-12-4-7-18(27)25-17-10-8-16(9-11-17)22(29)30-3/h5-6,8-11,13H,4,7,12H2,1-3H3,(H,23,28)(H,25,27). The van der Waals surface area contributed by atoms with E-state index >= 15 is 0 Å². The molecule has 2 N–H and O–H groups in total. The van der Waals surface area contributed by atoms with Crippen LogP contribution in [0.1, 0.15) is 44.9 Å². The minimum atomic E-state index is -0.431. The predicted octanol–water partition coefficient (Wildman–Crippen LogP) is 2.89. The summed E-state index contributed by atoms with van der Waals surface area (Å²) in [5.41, 5.74) is 3.93. The van der Waals surface area contributed by atoms with Crippen LogP contribution < -0.4 is 10.6 Å². The average molecular weight is 408 g/mol. The highest BCUT2D eigenvalue weighted by atomic mass is 16.5. The van der Waals surface area contributed by atoms with Crippen LogP contribution in [0.25, 0.3) is 5.65 Å². The third-order valence-corrected chi connectivity index (χ3v) is 4.69. The molecule has 0 radical (unpaired) electrons. The van der Waals surface area contributed by atoms with Gasteiger partial charge in [-0.05, 0) is 56.2 Å². The van der Waals surface area contributed by atoms with Crippen molar-refractivity contribution in [1.29, 1.82) is 0 Å². The number of pyridine rings is 1. The fourth-order valence-electron chi connectivity index (χ4n) is 3.16.